The molecule has 162 valence electrons. The smallest absolute Gasteiger partial charge is 0.355 e. The van der Waals surface area contributed by atoms with E-state index in [1.165, 1.54) is 25.5 Å². The predicted molar refractivity (Wildman–Crippen MR) is 110 cm³/mol. The first-order valence-corrected chi connectivity index (χ1v) is 10.1. The third-order valence-corrected chi connectivity index (χ3v) is 5.68. The summed E-state index contributed by atoms with van der Waals surface area (Å²) in [5.74, 6) is -1.41. The van der Waals surface area contributed by atoms with Crippen molar-refractivity contribution in [3.05, 3.63) is 41.1 Å². The highest BCUT2D eigenvalue weighted by atomic mass is 16.5. The molecule has 0 bridgehead atoms. The monoisotopic (exact) mass is 416 g/mol. The van der Waals surface area contributed by atoms with E-state index in [2.05, 4.69) is 0 Å². The maximum atomic E-state index is 13.1. The van der Waals surface area contributed by atoms with Crippen molar-refractivity contribution < 1.29 is 28.6 Å². The lowest BCUT2D eigenvalue weighted by atomic mass is 9.94. The Bertz CT molecular complexity index is 844. The Hall–Kier alpha value is -2.87. The van der Waals surface area contributed by atoms with Gasteiger partial charge in [0.15, 0.2) is 0 Å². The first-order chi connectivity index (χ1) is 14.5. The van der Waals surface area contributed by atoms with Gasteiger partial charge in [-0.1, -0.05) is 25.3 Å². The van der Waals surface area contributed by atoms with E-state index in [4.69, 9.17) is 14.2 Å². The fourth-order valence-corrected chi connectivity index (χ4v) is 3.99. The van der Waals surface area contributed by atoms with Gasteiger partial charge in [0.1, 0.15) is 12.4 Å². The molecule has 8 heteroatoms. The minimum Gasteiger partial charge on any atom is -0.466 e. The Morgan fingerprint density at radius 1 is 1.07 bits per heavy atom. The van der Waals surface area contributed by atoms with E-state index in [-0.39, 0.29) is 36.6 Å². The minimum absolute atomic E-state index is 0.0427. The fourth-order valence-electron chi connectivity index (χ4n) is 3.99. The second-order valence-electron chi connectivity index (χ2n) is 7.47. The zero-order chi connectivity index (χ0) is 21.7. The van der Waals surface area contributed by atoms with Crippen molar-refractivity contribution in [2.75, 3.05) is 39.5 Å². The molecular formula is C22H28N2O6. The van der Waals surface area contributed by atoms with Crippen LogP contribution in [0, 0.1) is 0 Å². The maximum Gasteiger partial charge on any atom is 0.355 e. The number of hydrogen-bond donors (Lipinski definition) is 0. The first kappa shape index (κ1) is 21.8. The summed E-state index contributed by atoms with van der Waals surface area (Å²) in [6.45, 7) is -0.0162. The lowest BCUT2D eigenvalue weighted by Crippen LogP contribution is -2.39. The van der Waals surface area contributed by atoms with Gasteiger partial charge in [-0.05, 0) is 31.0 Å². The van der Waals surface area contributed by atoms with Crippen LogP contribution in [0.25, 0.3) is 0 Å². The van der Waals surface area contributed by atoms with Crippen LogP contribution in [0.15, 0.2) is 35.5 Å². The molecule has 0 aromatic heterocycles. The number of esters is 2. The van der Waals surface area contributed by atoms with Crippen molar-refractivity contribution in [1.29, 1.82) is 0 Å². The van der Waals surface area contributed by atoms with Gasteiger partial charge in [-0.2, -0.15) is 0 Å². The predicted octanol–water partition coefficient (Wildman–Crippen LogP) is 2.49. The molecule has 1 aliphatic heterocycles. The molecule has 1 saturated carbocycles. The molecule has 3 rings (SSSR count). The Kier molecular flexibility index (Phi) is 7.10. The number of benzene rings is 1. The van der Waals surface area contributed by atoms with E-state index < -0.39 is 11.9 Å². The van der Waals surface area contributed by atoms with Crippen LogP contribution in [-0.2, 0) is 23.8 Å². The lowest BCUT2D eigenvalue weighted by Gasteiger charge is -2.33. The highest BCUT2D eigenvalue weighted by Gasteiger charge is 2.33. The summed E-state index contributed by atoms with van der Waals surface area (Å²) in [5, 5.41) is 0. The molecule has 1 aromatic carbocycles. The van der Waals surface area contributed by atoms with Gasteiger partial charge in [-0.25, -0.2) is 9.59 Å². The molecule has 0 unspecified atom stereocenters. The van der Waals surface area contributed by atoms with E-state index in [1.807, 2.05) is 11.9 Å². The number of anilines is 1. The van der Waals surface area contributed by atoms with Crippen molar-refractivity contribution in [2.45, 2.75) is 38.1 Å². The molecule has 1 fully saturated rings. The molecule has 2 aliphatic rings. The van der Waals surface area contributed by atoms with Gasteiger partial charge in [0.05, 0.1) is 26.4 Å². The van der Waals surface area contributed by atoms with Crippen LogP contribution < -0.4 is 4.90 Å². The Morgan fingerprint density at radius 3 is 2.43 bits per heavy atom. The highest BCUT2D eigenvalue weighted by molar-refractivity contribution is 6.03. The highest BCUT2D eigenvalue weighted by Crippen LogP contribution is 2.28. The number of carbonyl (C=O) groups excluding carboxylic acids is 3. The van der Waals surface area contributed by atoms with Crippen molar-refractivity contribution >= 4 is 23.5 Å². The summed E-state index contributed by atoms with van der Waals surface area (Å²) in [4.78, 5) is 41.0. The molecule has 0 N–H and O–H groups in total. The van der Waals surface area contributed by atoms with Crippen LogP contribution in [0.5, 0.6) is 0 Å². The number of methoxy groups -OCH3 is 2. The zero-order valence-electron chi connectivity index (χ0n) is 17.7. The van der Waals surface area contributed by atoms with Crippen LogP contribution in [0.2, 0.25) is 0 Å². The van der Waals surface area contributed by atoms with Gasteiger partial charge in [0.25, 0.3) is 5.91 Å². The van der Waals surface area contributed by atoms with Gasteiger partial charge in [-0.3, -0.25) is 4.79 Å². The summed E-state index contributed by atoms with van der Waals surface area (Å²) in [7, 11) is 4.32. The normalized spacial score (nSPS) is 17.5. The van der Waals surface area contributed by atoms with E-state index >= 15 is 0 Å². The number of amides is 1. The lowest BCUT2D eigenvalue weighted by molar-refractivity contribution is -0.140. The summed E-state index contributed by atoms with van der Waals surface area (Å²) >= 11 is 0. The van der Waals surface area contributed by atoms with Gasteiger partial charge >= 0.3 is 11.9 Å². The molecule has 1 amide bonds. The van der Waals surface area contributed by atoms with Crippen LogP contribution in [0.4, 0.5) is 5.69 Å². The second-order valence-corrected chi connectivity index (χ2v) is 7.47. The molecule has 30 heavy (non-hydrogen) atoms. The quantitative estimate of drug-likeness (QED) is 0.682. The minimum atomic E-state index is -0.672. The molecular weight excluding hydrogens is 388 g/mol. The maximum absolute atomic E-state index is 13.1. The Balaban J connectivity index is 1.92. The van der Waals surface area contributed by atoms with Crippen LogP contribution >= 0.6 is 0 Å². The third kappa shape index (κ3) is 4.48. The van der Waals surface area contributed by atoms with Crippen LogP contribution in [0.1, 0.15) is 42.5 Å². The van der Waals surface area contributed by atoms with E-state index in [9.17, 15) is 14.4 Å². The van der Waals surface area contributed by atoms with Crippen molar-refractivity contribution in [2.24, 2.45) is 0 Å². The van der Waals surface area contributed by atoms with E-state index in [1.54, 1.807) is 24.3 Å². The average Bonchev–Trinajstić information content (AvgIpc) is 2.82. The fraction of sp³-hybridized carbons (Fsp3) is 0.500. The SMILES string of the molecule is COC(=O)C1=C(C(=O)OC)N(c2cccc(C(=O)N(C)C3CCCCC3)c2)COC1. The van der Waals surface area contributed by atoms with E-state index in [0.717, 1.165) is 25.7 Å². The molecule has 1 aromatic rings. The number of hydrogen-bond acceptors (Lipinski definition) is 7. The molecule has 0 atom stereocenters. The number of nitrogens with zero attached hydrogens (tertiary/aromatic N) is 2. The van der Waals surface area contributed by atoms with Crippen LogP contribution in [0.3, 0.4) is 0 Å². The number of ether oxygens (including phenoxy) is 3. The molecule has 1 heterocycles. The van der Waals surface area contributed by atoms with Gasteiger partial charge in [-0.15, -0.1) is 0 Å². The largest absolute Gasteiger partial charge is 0.466 e. The van der Waals surface area contributed by atoms with Crippen molar-refractivity contribution in [1.82, 2.24) is 4.90 Å². The third-order valence-electron chi connectivity index (χ3n) is 5.68. The topological polar surface area (TPSA) is 85.4 Å². The van der Waals surface area contributed by atoms with Gasteiger partial charge in [0.2, 0.25) is 0 Å². The molecule has 8 nitrogen and oxygen atoms in total. The molecule has 0 saturated heterocycles. The Labute approximate surface area is 176 Å². The standard InChI is InChI=1S/C22H28N2O6/c1-23(16-9-5-4-6-10-16)20(25)15-8-7-11-17(12-15)24-14-30-13-18(21(26)28-2)19(24)22(27)29-3/h7-8,11-12,16H,4-6,9-10,13-14H2,1-3H3. The number of carbonyl (C=O) groups is 3. The van der Waals surface area contributed by atoms with Crippen molar-refractivity contribution in [3.8, 4) is 0 Å². The zero-order valence-corrected chi connectivity index (χ0v) is 17.7. The first-order valence-electron chi connectivity index (χ1n) is 10.1. The van der Waals surface area contributed by atoms with Crippen molar-refractivity contribution in [3.63, 3.8) is 0 Å². The summed E-state index contributed by atoms with van der Waals surface area (Å²) < 4.78 is 15.2. The molecule has 0 spiro atoms. The van der Waals surface area contributed by atoms with E-state index in [0.29, 0.717) is 11.3 Å². The molecule has 0 radical (unpaired) electrons. The van der Waals surface area contributed by atoms with Gasteiger partial charge < -0.3 is 24.0 Å². The second kappa shape index (κ2) is 9.75. The number of rotatable bonds is 5. The Morgan fingerprint density at radius 2 is 1.77 bits per heavy atom. The summed E-state index contributed by atoms with van der Waals surface area (Å²) in [5.41, 5.74) is 1.20. The summed E-state index contributed by atoms with van der Waals surface area (Å²) in [6, 6.07) is 7.19. The summed E-state index contributed by atoms with van der Waals surface area (Å²) in [6.07, 6.45) is 5.52. The average molecular weight is 416 g/mol. The molecule has 1 aliphatic carbocycles. The van der Waals surface area contributed by atoms with Crippen LogP contribution in [-0.4, -0.2) is 63.4 Å². The van der Waals surface area contributed by atoms with Gasteiger partial charge in [0, 0.05) is 24.3 Å².